The predicted molar refractivity (Wildman–Crippen MR) is 52.7 cm³/mol. The van der Waals surface area contributed by atoms with Crippen molar-refractivity contribution >= 4 is 11.6 Å². The first-order valence-electron chi connectivity index (χ1n) is 3.87. The van der Waals surface area contributed by atoms with Gasteiger partial charge in [0.25, 0.3) is 0 Å². The van der Waals surface area contributed by atoms with Gasteiger partial charge in [0.15, 0.2) is 0 Å². The Kier molecular flexibility index (Phi) is 5.96. The lowest BCUT2D eigenvalue weighted by molar-refractivity contribution is 0.685. The number of halogens is 1. The van der Waals surface area contributed by atoms with Crippen LogP contribution >= 0.6 is 11.6 Å². The molecule has 1 atom stereocenters. The molecule has 0 bridgehead atoms. The van der Waals surface area contributed by atoms with Gasteiger partial charge in [-0.1, -0.05) is 50.3 Å². The molecule has 0 radical (unpaired) electrons. The SMILES string of the molecule is C=C/C=C\C=C(\Cl)C(C)CC. The van der Waals surface area contributed by atoms with Crippen molar-refractivity contribution in [3.05, 3.63) is 35.9 Å². The second kappa shape index (κ2) is 6.23. The third kappa shape index (κ3) is 4.86. The lowest BCUT2D eigenvalue weighted by Crippen LogP contribution is -1.89. The van der Waals surface area contributed by atoms with Crippen LogP contribution in [0.1, 0.15) is 20.3 Å². The highest BCUT2D eigenvalue weighted by molar-refractivity contribution is 6.29. The average Bonchev–Trinajstić information content (AvgIpc) is 2.03. The van der Waals surface area contributed by atoms with E-state index in [1.165, 1.54) is 0 Å². The van der Waals surface area contributed by atoms with E-state index in [0.29, 0.717) is 5.92 Å². The minimum absolute atomic E-state index is 0.464. The van der Waals surface area contributed by atoms with E-state index in [-0.39, 0.29) is 0 Å². The standard InChI is InChI=1S/C10H15Cl/c1-4-6-7-8-10(11)9(3)5-2/h4,6-9H,1,5H2,2-3H3/b7-6-,10-8+. The summed E-state index contributed by atoms with van der Waals surface area (Å²) in [4.78, 5) is 0. The normalized spacial score (nSPS) is 15.4. The van der Waals surface area contributed by atoms with Gasteiger partial charge in [0, 0.05) is 5.03 Å². The van der Waals surface area contributed by atoms with Crippen LogP contribution in [0.5, 0.6) is 0 Å². The van der Waals surface area contributed by atoms with Gasteiger partial charge in [0.2, 0.25) is 0 Å². The molecule has 0 saturated carbocycles. The van der Waals surface area contributed by atoms with Gasteiger partial charge in [0.05, 0.1) is 0 Å². The second-order valence-corrected chi connectivity index (χ2v) is 2.92. The molecule has 0 aromatic rings. The molecular formula is C10H15Cl. The van der Waals surface area contributed by atoms with Gasteiger partial charge in [-0.2, -0.15) is 0 Å². The molecule has 0 saturated heterocycles. The van der Waals surface area contributed by atoms with Crippen molar-refractivity contribution in [1.82, 2.24) is 0 Å². The van der Waals surface area contributed by atoms with Crippen LogP contribution < -0.4 is 0 Å². The third-order valence-electron chi connectivity index (χ3n) is 1.59. The van der Waals surface area contributed by atoms with Crippen LogP contribution in [0.4, 0.5) is 0 Å². The van der Waals surface area contributed by atoms with Crippen molar-refractivity contribution in [2.24, 2.45) is 5.92 Å². The van der Waals surface area contributed by atoms with E-state index in [2.05, 4.69) is 20.4 Å². The first-order chi connectivity index (χ1) is 5.22. The topological polar surface area (TPSA) is 0 Å². The van der Waals surface area contributed by atoms with Gasteiger partial charge in [-0.15, -0.1) is 0 Å². The minimum atomic E-state index is 0.464. The first kappa shape index (κ1) is 10.5. The highest BCUT2D eigenvalue weighted by Gasteiger charge is 2.00. The van der Waals surface area contributed by atoms with Crippen molar-refractivity contribution < 1.29 is 0 Å². The maximum atomic E-state index is 5.94. The molecule has 0 rings (SSSR count). The van der Waals surface area contributed by atoms with Crippen LogP contribution in [0.15, 0.2) is 35.9 Å². The fourth-order valence-electron chi connectivity index (χ4n) is 0.585. The van der Waals surface area contributed by atoms with Crippen molar-refractivity contribution in [2.75, 3.05) is 0 Å². The third-order valence-corrected chi connectivity index (χ3v) is 2.08. The van der Waals surface area contributed by atoms with E-state index >= 15 is 0 Å². The molecule has 62 valence electrons. The Morgan fingerprint density at radius 3 is 2.64 bits per heavy atom. The van der Waals surface area contributed by atoms with E-state index < -0.39 is 0 Å². The molecule has 0 aliphatic carbocycles. The molecule has 0 aromatic carbocycles. The molecule has 0 amide bonds. The predicted octanol–water partition coefficient (Wildman–Crippen LogP) is 3.90. The summed E-state index contributed by atoms with van der Waals surface area (Å²) >= 11 is 5.94. The van der Waals surface area contributed by atoms with Gasteiger partial charge in [-0.05, 0) is 18.4 Å². The van der Waals surface area contributed by atoms with Gasteiger partial charge in [-0.3, -0.25) is 0 Å². The average molecular weight is 171 g/mol. The largest absolute Gasteiger partial charge is 0.0991 e. The Balaban J connectivity index is 3.98. The molecule has 0 aliphatic heterocycles. The Morgan fingerprint density at radius 1 is 1.55 bits per heavy atom. The summed E-state index contributed by atoms with van der Waals surface area (Å²) in [5.74, 6) is 0.464. The maximum Gasteiger partial charge on any atom is 0.0209 e. The zero-order chi connectivity index (χ0) is 8.69. The molecule has 0 N–H and O–H groups in total. The van der Waals surface area contributed by atoms with Crippen molar-refractivity contribution in [1.29, 1.82) is 0 Å². The van der Waals surface area contributed by atoms with Crippen LogP contribution in [0.3, 0.4) is 0 Å². The second-order valence-electron chi connectivity index (χ2n) is 2.48. The zero-order valence-corrected chi connectivity index (χ0v) is 7.93. The van der Waals surface area contributed by atoms with Gasteiger partial charge in [-0.25, -0.2) is 0 Å². The van der Waals surface area contributed by atoms with Crippen LogP contribution in [-0.4, -0.2) is 0 Å². The monoisotopic (exact) mass is 170 g/mol. The lowest BCUT2D eigenvalue weighted by atomic mass is 10.1. The smallest absolute Gasteiger partial charge is 0.0209 e. The van der Waals surface area contributed by atoms with E-state index in [0.717, 1.165) is 11.5 Å². The number of hydrogen-bond acceptors (Lipinski definition) is 0. The minimum Gasteiger partial charge on any atom is -0.0991 e. The fraction of sp³-hybridized carbons (Fsp3) is 0.400. The van der Waals surface area contributed by atoms with E-state index in [1.54, 1.807) is 6.08 Å². The fourth-order valence-corrected chi connectivity index (χ4v) is 0.812. The molecule has 0 heterocycles. The molecule has 0 aliphatic rings. The zero-order valence-electron chi connectivity index (χ0n) is 7.18. The van der Waals surface area contributed by atoms with Gasteiger partial charge in [0.1, 0.15) is 0 Å². The summed E-state index contributed by atoms with van der Waals surface area (Å²) < 4.78 is 0. The van der Waals surface area contributed by atoms with Crippen molar-refractivity contribution in [3.8, 4) is 0 Å². The Labute approximate surface area is 74.3 Å². The Hall–Kier alpha value is -0.490. The highest BCUT2D eigenvalue weighted by atomic mass is 35.5. The lowest BCUT2D eigenvalue weighted by Gasteiger charge is -2.04. The molecule has 11 heavy (non-hydrogen) atoms. The molecule has 1 heteroatoms. The number of allylic oxidation sites excluding steroid dienone is 5. The van der Waals surface area contributed by atoms with Crippen LogP contribution in [-0.2, 0) is 0 Å². The van der Waals surface area contributed by atoms with Gasteiger partial charge >= 0.3 is 0 Å². The molecule has 1 unspecified atom stereocenters. The van der Waals surface area contributed by atoms with Crippen molar-refractivity contribution in [2.45, 2.75) is 20.3 Å². The summed E-state index contributed by atoms with van der Waals surface area (Å²) in [5.41, 5.74) is 0. The van der Waals surface area contributed by atoms with Crippen LogP contribution in [0, 0.1) is 5.92 Å². The first-order valence-corrected chi connectivity index (χ1v) is 4.25. The Bertz CT molecular complexity index is 166. The molecular weight excluding hydrogens is 156 g/mol. The van der Waals surface area contributed by atoms with Crippen LogP contribution in [0.25, 0.3) is 0 Å². The summed E-state index contributed by atoms with van der Waals surface area (Å²) in [6.45, 7) is 7.80. The molecule has 0 fully saturated rings. The number of hydrogen-bond donors (Lipinski definition) is 0. The van der Waals surface area contributed by atoms with Gasteiger partial charge < -0.3 is 0 Å². The summed E-state index contributed by atoms with van der Waals surface area (Å²) in [7, 11) is 0. The molecule has 0 spiro atoms. The van der Waals surface area contributed by atoms with Crippen molar-refractivity contribution in [3.63, 3.8) is 0 Å². The maximum absolute atomic E-state index is 5.94. The molecule has 0 nitrogen and oxygen atoms in total. The van der Waals surface area contributed by atoms with Crippen LogP contribution in [0.2, 0.25) is 0 Å². The quantitative estimate of drug-likeness (QED) is 0.562. The molecule has 0 aromatic heterocycles. The summed E-state index contributed by atoms with van der Waals surface area (Å²) in [6.07, 6.45) is 8.50. The van der Waals surface area contributed by atoms with E-state index in [9.17, 15) is 0 Å². The summed E-state index contributed by atoms with van der Waals surface area (Å²) in [6, 6.07) is 0. The Morgan fingerprint density at radius 2 is 2.18 bits per heavy atom. The van der Waals surface area contributed by atoms with E-state index in [1.807, 2.05) is 18.2 Å². The highest BCUT2D eigenvalue weighted by Crippen LogP contribution is 2.17. The number of rotatable bonds is 4. The van der Waals surface area contributed by atoms with E-state index in [4.69, 9.17) is 11.6 Å². The summed E-state index contributed by atoms with van der Waals surface area (Å²) in [5, 5.41) is 0.908.